The normalized spacial score (nSPS) is 10.8. The van der Waals surface area contributed by atoms with Gasteiger partial charge in [-0.2, -0.15) is 24.9 Å². The van der Waals surface area contributed by atoms with Gasteiger partial charge in [0.15, 0.2) is 13.2 Å². The van der Waals surface area contributed by atoms with E-state index in [0.29, 0.717) is 75.1 Å². The summed E-state index contributed by atoms with van der Waals surface area (Å²) in [5.74, 6) is 2.40. The number of hydrogen-bond acceptors (Lipinski definition) is 10. The highest BCUT2D eigenvalue weighted by atomic mass is 16.5. The molecule has 4 N–H and O–H groups in total. The summed E-state index contributed by atoms with van der Waals surface area (Å²) in [5.41, 5.74) is 0. The summed E-state index contributed by atoms with van der Waals surface area (Å²) < 4.78 is 20.1. The highest BCUT2D eigenvalue weighted by molar-refractivity contribution is 5.25. The summed E-state index contributed by atoms with van der Waals surface area (Å²) in [4.78, 5) is 25.1. The monoisotopic (exact) mass is 410 g/mol. The van der Waals surface area contributed by atoms with Crippen LogP contribution in [0.5, 0.6) is 12.0 Å². The molecule has 0 spiro atoms. The summed E-state index contributed by atoms with van der Waals surface area (Å²) in [6.07, 6.45) is 0.729. The second kappa shape index (κ2) is 12.7. The van der Waals surface area contributed by atoms with Crippen molar-refractivity contribution < 1.29 is 24.3 Å². The molecule has 12 nitrogen and oxygen atoms in total. The molecule has 0 amide bonds. The number of hydrogen-bond donors (Lipinski definition) is 2. The first-order valence-electron chi connectivity index (χ1n) is 9.48. The molecule has 0 saturated carbocycles. The molecule has 160 valence electrons. The van der Waals surface area contributed by atoms with Gasteiger partial charge in [-0.15, -0.1) is 4.98 Å². The van der Waals surface area contributed by atoms with Crippen molar-refractivity contribution in [3.05, 3.63) is 11.6 Å². The molecule has 0 aromatic carbocycles. The molecule has 0 aliphatic heterocycles. The third kappa shape index (κ3) is 8.46. The van der Waals surface area contributed by atoms with E-state index in [9.17, 15) is 0 Å². The number of ether oxygens (including phenoxy) is 4. The average Bonchev–Trinajstić information content (AvgIpc) is 2.74. The van der Waals surface area contributed by atoms with Crippen LogP contribution in [0.15, 0.2) is 0 Å². The van der Waals surface area contributed by atoms with E-state index in [4.69, 9.17) is 14.2 Å². The minimum Gasteiger partial charge on any atom is -0.467 e. The highest BCUT2D eigenvalue weighted by Crippen LogP contribution is 2.06. The number of aliphatic hydroxyl groups is 2. The summed E-state index contributed by atoms with van der Waals surface area (Å²) >= 11 is 0. The Morgan fingerprint density at radius 3 is 2.48 bits per heavy atom. The van der Waals surface area contributed by atoms with Crippen molar-refractivity contribution in [3.8, 4) is 12.0 Å². The number of quaternary nitrogens is 1. The minimum absolute atomic E-state index is 0.295. The van der Waals surface area contributed by atoms with E-state index in [2.05, 4.69) is 40.0 Å². The predicted octanol–water partition coefficient (Wildman–Crippen LogP) is -1.20. The van der Waals surface area contributed by atoms with E-state index in [1.807, 2.05) is 12.2 Å². The van der Waals surface area contributed by atoms with Crippen LogP contribution in [-0.4, -0.2) is 88.4 Å². The number of aryl methyl sites for hydroxylation is 2. The maximum Gasteiger partial charge on any atom is 0.332 e. The van der Waals surface area contributed by atoms with Gasteiger partial charge in [-0.25, -0.2) is 0 Å². The highest BCUT2D eigenvalue weighted by Gasteiger charge is 2.08. The molecular weight excluding hydrogens is 380 g/mol. The van der Waals surface area contributed by atoms with Crippen LogP contribution in [0.4, 0.5) is 11.9 Å². The van der Waals surface area contributed by atoms with Crippen molar-refractivity contribution in [2.24, 2.45) is 0 Å². The Hall–Kier alpha value is -2.70. The summed E-state index contributed by atoms with van der Waals surface area (Å²) in [6, 6.07) is 0.630. The summed E-state index contributed by atoms with van der Waals surface area (Å²) in [5, 5.41) is 5.01. The standard InChI is InChI=1S/C17H28N8O4/c1-5-13-22-15(25-17(23-13)27-4)19-7-9-29-11-10-28-8-6-18-14-20-12(2)21-16(24-14)26-3/h5-11H2,1-4H3,(H,18,20,21,24)(H,19,22,23,25)/p+2. The third-order valence-electron chi connectivity index (χ3n) is 3.62. The predicted molar refractivity (Wildman–Crippen MR) is 105 cm³/mol. The fourth-order valence-corrected chi connectivity index (χ4v) is 2.25. The number of nitrogens with two attached hydrogens (primary N) is 1. The van der Waals surface area contributed by atoms with Crippen molar-refractivity contribution >= 4 is 11.9 Å². The van der Waals surface area contributed by atoms with E-state index in [-0.39, 0.29) is 0 Å². The van der Waals surface area contributed by atoms with Gasteiger partial charge in [0.1, 0.15) is 24.8 Å². The van der Waals surface area contributed by atoms with Gasteiger partial charge >= 0.3 is 18.0 Å². The lowest BCUT2D eigenvalue weighted by Gasteiger charge is -2.06. The van der Waals surface area contributed by atoms with E-state index in [1.54, 1.807) is 14.0 Å². The molecule has 0 saturated heterocycles. The van der Waals surface area contributed by atoms with Crippen molar-refractivity contribution in [3.63, 3.8) is 0 Å². The lowest BCUT2D eigenvalue weighted by Crippen LogP contribution is -2.80. The van der Waals surface area contributed by atoms with Gasteiger partial charge in [-0.1, -0.05) is 6.92 Å². The first-order valence-corrected chi connectivity index (χ1v) is 9.48. The zero-order chi connectivity index (χ0) is 20.9. The molecule has 2 aromatic heterocycles. The second-order valence-corrected chi connectivity index (χ2v) is 5.85. The van der Waals surface area contributed by atoms with Crippen molar-refractivity contribution in [1.82, 2.24) is 29.9 Å². The molecule has 0 aliphatic rings. The Kier molecular flexibility index (Phi) is 9.89. The topological polar surface area (TPSA) is 146 Å². The molecular formula is C17H30N8O4+2. The van der Waals surface area contributed by atoms with Gasteiger partial charge in [0.2, 0.25) is 5.95 Å². The zero-order valence-corrected chi connectivity index (χ0v) is 17.4. The number of aromatic nitrogens is 6. The smallest absolute Gasteiger partial charge is 0.332 e. The Bertz CT molecular complexity index is 727. The minimum atomic E-state index is 0.295. The molecule has 2 heterocycles. The lowest BCUT2D eigenvalue weighted by atomic mass is 10.4. The second-order valence-electron chi connectivity index (χ2n) is 5.85. The molecule has 0 radical (unpaired) electrons. The number of rotatable bonds is 14. The Morgan fingerprint density at radius 2 is 1.72 bits per heavy atom. The fourth-order valence-electron chi connectivity index (χ4n) is 2.25. The van der Waals surface area contributed by atoms with Gasteiger partial charge < -0.3 is 24.3 Å². The van der Waals surface area contributed by atoms with E-state index in [0.717, 1.165) is 6.42 Å². The molecule has 2 rings (SSSR count). The molecule has 0 aliphatic carbocycles. The van der Waals surface area contributed by atoms with Gasteiger partial charge in [0, 0.05) is 6.42 Å². The molecule has 2 aromatic rings. The first-order chi connectivity index (χ1) is 14.1. The SMILES string of the molecule is CCc1nc([NH2+]CCOCC[OH+]CCNc2nc(C)nc(OC)n2)nc(OC)n1. The van der Waals surface area contributed by atoms with Crippen LogP contribution in [0.1, 0.15) is 18.6 Å². The van der Waals surface area contributed by atoms with Crippen molar-refractivity contribution in [2.45, 2.75) is 20.3 Å². The van der Waals surface area contributed by atoms with E-state index in [1.165, 1.54) is 7.11 Å². The quantitative estimate of drug-likeness (QED) is 0.287. The maximum atomic E-state index is 5.58. The molecule has 12 heteroatoms. The van der Waals surface area contributed by atoms with Crippen LogP contribution in [0.2, 0.25) is 0 Å². The van der Waals surface area contributed by atoms with Crippen LogP contribution < -0.4 is 20.1 Å². The van der Waals surface area contributed by atoms with Crippen molar-refractivity contribution in [1.29, 1.82) is 0 Å². The molecule has 0 fully saturated rings. The largest absolute Gasteiger partial charge is 0.467 e. The first kappa shape index (κ1) is 22.6. The van der Waals surface area contributed by atoms with Crippen LogP contribution in [-0.2, 0) is 11.2 Å². The van der Waals surface area contributed by atoms with Gasteiger partial charge in [-0.3, -0.25) is 5.32 Å². The Labute approximate surface area is 169 Å². The molecule has 0 bridgehead atoms. The summed E-state index contributed by atoms with van der Waals surface area (Å²) in [6.45, 7) is 7.51. The average molecular weight is 410 g/mol. The van der Waals surface area contributed by atoms with E-state index >= 15 is 0 Å². The van der Waals surface area contributed by atoms with Gasteiger partial charge in [0.05, 0.1) is 27.4 Å². The molecule has 0 atom stereocenters. The third-order valence-corrected chi connectivity index (χ3v) is 3.62. The molecule has 0 unspecified atom stereocenters. The maximum absolute atomic E-state index is 5.58. The Balaban J connectivity index is 1.52. The van der Waals surface area contributed by atoms with Crippen LogP contribution in [0, 0.1) is 6.92 Å². The number of nitrogens with one attached hydrogen (secondary N) is 1. The van der Waals surface area contributed by atoms with Crippen LogP contribution >= 0.6 is 0 Å². The molecule has 29 heavy (non-hydrogen) atoms. The van der Waals surface area contributed by atoms with Crippen molar-refractivity contribution in [2.75, 3.05) is 59.1 Å². The number of anilines is 1. The van der Waals surface area contributed by atoms with Gasteiger partial charge in [-0.05, 0) is 6.92 Å². The number of nitrogens with zero attached hydrogens (tertiary/aromatic N) is 6. The zero-order valence-electron chi connectivity index (χ0n) is 17.4. The van der Waals surface area contributed by atoms with Gasteiger partial charge in [0.25, 0.3) is 0 Å². The van der Waals surface area contributed by atoms with Crippen LogP contribution in [0.25, 0.3) is 0 Å². The lowest BCUT2D eigenvalue weighted by molar-refractivity contribution is -0.581. The van der Waals surface area contributed by atoms with E-state index < -0.39 is 0 Å². The Morgan fingerprint density at radius 1 is 0.931 bits per heavy atom. The number of methoxy groups -OCH3 is 2. The van der Waals surface area contributed by atoms with Crippen LogP contribution in [0.3, 0.4) is 0 Å². The summed E-state index contributed by atoms with van der Waals surface area (Å²) in [7, 11) is 3.07. The fraction of sp³-hybridized carbons (Fsp3) is 0.647.